The molecule has 0 saturated carbocycles. The maximum absolute atomic E-state index is 13.7. The molecule has 0 radical (unpaired) electrons. The molecule has 0 saturated heterocycles. The zero-order chi connectivity index (χ0) is 43.2. The summed E-state index contributed by atoms with van der Waals surface area (Å²) in [6.07, 6.45) is 3.29. The molecule has 3 heterocycles. The first-order chi connectivity index (χ1) is 28.2. The maximum atomic E-state index is 13.7. The van der Waals surface area contributed by atoms with E-state index in [1.165, 1.54) is 6.08 Å². The summed E-state index contributed by atoms with van der Waals surface area (Å²) in [5.41, 5.74) is 3.18. The highest BCUT2D eigenvalue weighted by atomic mass is 16.7. The summed E-state index contributed by atoms with van der Waals surface area (Å²) in [5.74, 6) is -2.84. The number of cyclic esters (lactones) is 1. The summed E-state index contributed by atoms with van der Waals surface area (Å²) in [7, 11) is 3.48. The van der Waals surface area contributed by atoms with E-state index in [1.807, 2.05) is 57.3 Å². The van der Waals surface area contributed by atoms with E-state index in [4.69, 9.17) is 14.2 Å². The molecule has 15 nitrogen and oxygen atoms in total. The van der Waals surface area contributed by atoms with Crippen LogP contribution in [0.5, 0.6) is 0 Å². The molecule has 0 fully saturated rings. The number of carbonyl (C=O) groups excluding carboxylic acids is 2. The van der Waals surface area contributed by atoms with Gasteiger partial charge in [0.25, 0.3) is 0 Å². The van der Waals surface area contributed by atoms with Crippen LogP contribution in [0.1, 0.15) is 72.9 Å². The highest BCUT2D eigenvalue weighted by molar-refractivity contribution is 5.91. The summed E-state index contributed by atoms with van der Waals surface area (Å²) in [6.45, 7) is 11.4. The minimum atomic E-state index is -1.31. The van der Waals surface area contributed by atoms with Crippen LogP contribution in [0.3, 0.4) is 0 Å². The summed E-state index contributed by atoms with van der Waals surface area (Å²) in [5, 5.41) is 57.4. The quantitative estimate of drug-likeness (QED) is 0.0795. The molecule has 0 bridgehead atoms. The van der Waals surface area contributed by atoms with Gasteiger partial charge in [0.15, 0.2) is 12.1 Å². The van der Waals surface area contributed by atoms with Crippen LogP contribution in [0.2, 0.25) is 0 Å². The lowest BCUT2D eigenvalue weighted by Gasteiger charge is -2.41. The molecule has 15 heteroatoms. The average Bonchev–Trinajstić information content (AvgIpc) is 3.68. The molecular weight excluding hydrogens is 757 g/mol. The summed E-state index contributed by atoms with van der Waals surface area (Å²) >= 11 is 0. The number of aliphatic hydroxyl groups is 4. The Morgan fingerprint density at radius 3 is 2.56 bits per heavy atom. The van der Waals surface area contributed by atoms with Crippen LogP contribution >= 0.6 is 0 Å². The van der Waals surface area contributed by atoms with Crippen molar-refractivity contribution < 1.29 is 44.2 Å². The van der Waals surface area contributed by atoms with Crippen molar-refractivity contribution in [2.24, 2.45) is 23.7 Å². The van der Waals surface area contributed by atoms with Crippen molar-refractivity contribution in [3.8, 4) is 5.69 Å². The fourth-order valence-corrected chi connectivity index (χ4v) is 7.90. The van der Waals surface area contributed by atoms with Gasteiger partial charge in [-0.2, -0.15) is 0 Å². The minimum absolute atomic E-state index is 0.113. The highest BCUT2D eigenvalue weighted by Crippen LogP contribution is 2.33. The van der Waals surface area contributed by atoms with Gasteiger partial charge in [0.1, 0.15) is 12.2 Å². The van der Waals surface area contributed by atoms with E-state index in [9.17, 15) is 30.0 Å². The number of carbonyl (C=O) groups is 2. The van der Waals surface area contributed by atoms with Crippen molar-refractivity contribution in [2.75, 3.05) is 33.9 Å². The van der Waals surface area contributed by atoms with Crippen LogP contribution in [0.25, 0.3) is 16.6 Å². The van der Waals surface area contributed by atoms with Gasteiger partial charge in [-0.05, 0) is 96.9 Å². The molecule has 5 N–H and O–H groups in total. The monoisotopic (exact) mass is 822 g/mol. The fraction of sp³-hybridized carbons (Fsp3) is 0.614. The number of rotatable bonds is 16. The Bertz CT molecular complexity index is 1820. The van der Waals surface area contributed by atoms with Gasteiger partial charge >= 0.3 is 5.97 Å². The van der Waals surface area contributed by atoms with E-state index in [0.717, 1.165) is 22.2 Å². The van der Waals surface area contributed by atoms with Crippen molar-refractivity contribution >= 4 is 22.7 Å². The predicted octanol–water partition coefficient (Wildman–Crippen LogP) is 3.76. The smallest absolute Gasteiger partial charge is 0.308 e. The van der Waals surface area contributed by atoms with E-state index < -0.39 is 72.5 Å². The number of aromatic nitrogens is 4. The van der Waals surface area contributed by atoms with Gasteiger partial charge in [-0.3, -0.25) is 14.6 Å². The Morgan fingerprint density at radius 1 is 1.12 bits per heavy atom. The fourth-order valence-electron chi connectivity index (χ4n) is 7.90. The SMILES string of the molecule is CCO[C@@H](O[C@H]1[C@@H](CCNCc2cn(-c3ccc4ncccc4c3)nn2)C[C@@H](C)C(=O)/C=C/C(C)=C/[C@H](CO)[C@@H](CC)OC(=O)C[C@@H](O)[C@@H]1C)C(O)C([C@@H](C)O)N(C)C. The van der Waals surface area contributed by atoms with Crippen LogP contribution < -0.4 is 5.32 Å². The molecule has 326 valence electrons. The number of esters is 1. The van der Waals surface area contributed by atoms with Crippen LogP contribution in [0.4, 0.5) is 0 Å². The molecule has 3 aromatic rings. The molecule has 1 aromatic carbocycles. The lowest BCUT2D eigenvalue weighted by atomic mass is 9.79. The largest absolute Gasteiger partial charge is 0.462 e. The molecule has 2 aromatic heterocycles. The van der Waals surface area contributed by atoms with E-state index in [1.54, 1.807) is 62.8 Å². The zero-order valence-electron chi connectivity index (χ0n) is 35.8. The molecule has 1 aliphatic rings. The zero-order valence-corrected chi connectivity index (χ0v) is 35.8. The Kier molecular flexibility index (Phi) is 18.8. The van der Waals surface area contributed by atoms with Crippen LogP contribution in [-0.4, -0.2) is 134 Å². The molecule has 11 atom stereocenters. The first kappa shape index (κ1) is 47.7. The standard InChI is InChI=1S/C44H66N6O9/c1-9-39-33(26-51)20-27(3)13-16-37(53)28(4)21-32(17-19-45-24-34-25-50(48-47-34)35-14-15-36-31(22-35)12-11-18-46-36)43(29(5)38(54)23-40(55)58-39)59-44(57-10-2)42(56)41(30(6)52)49(7)8/h11-16,18,20,22,25,28-30,32-33,38-39,41-45,51-52,54,56H,9-10,17,19,21,23-24,26H2,1-8H3/b16-13+,27-20+/t28-,29+,30-,32+,33-,38-,39-,41?,42?,43-,44+/m1/s1. The number of aliphatic hydroxyl groups excluding tert-OH is 4. The van der Waals surface area contributed by atoms with Gasteiger partial charge in [-0.25, -0.2) is 4.68 Å². The van der Waals surface area contributed by atoms with Crippen molar-refractivity contribution in [3.05, 3.63) is 72.2 Å². The Hall–Kier alpha value is -3.93. The van der Waals surface area contributed by atoms with Gasteiger partial charge in [-0.15, -0.1) is 5.10 Å². The highest BCUT2D eigenvalue weighted by Gasteiger charge is 2.41. The van der Waals surface area contributed by atoms with Gasteiger partial charge < -0.3 is 44.9 Å². The summed E-state index contributed by atoms with van der Waals surface area (Å²) in [6, 6.07) is 8.98. The van der Waals surface area contributed by atoms with Gasteiger partial charge in [0.2, 0.25) is 0 Å². The first-order valence-corrected chi connectivity index (χ1v) is 20.8. The number of nitrogens with one attached hydrogen (secondary N) is 1. The van der Waals surface area contributed by atoms with E-state index >= 15 is 0 Å². The molecule has 2 unspecified atom stereocenters. The molecule has 59 heavy (non-hydrogen) atoms. The first-order valence-electron chi connectivity index (χ1n) is 20.8. The number of allylic oxidation sites excluding steroid dienone is 3. The van der Waals surface area contributed by atoms with Gasteiger partial charge in [-0.1, -0.05) is 49.8 Å². The third kappa shape index (κ3) is 13.5. The second-order valence-corrected chi connectivity index (χ2v) is 16.1. The second kappa shape index (κ2) is 23.2. The molecule has 0 spiro atoms. The number of benzene rings is 1. The number of hydrogen-bond donors (Lipinski definition) is 5. The lowest BCUT2D eigenvalue weighted by molar-refractivity contribution is -0.251. The third-order valence-electron chi connectivity index (χ3n) is 11.2. The molecule has 0 amide bonds. The number of ketones is 1. The Morgan fingerprint density at radius 2 is 1.88 bits per heavy atom. The van der Waals surface area contributed by atoms with Crippen LogP contribution in [-0.2, 0) is 30.3 Å². The number of hydrogen-bond acceptors (Lipinski definition) is 14. The average molecular weight is 823 g/mol. The van der Waals surface area contributed by atoms with E-state index in [0.29, 0.717) is 38.0 Å². The second-order valence-electron chi connectivity index (χ2n) is 16.1. The van der Waals surface area contributed by atoms with Crippen molar-refractivity contribution in [1.29, 1.82) is 0 Å². The molecule has 4 rings (SSSR count). The number of ether oxygens (including phenoxy) is 3. The Labute approximate surface area is 348 Å². The summed E-state index contributed by atoms with van der Waals surface area (Å²) < 4.78 is 20.3. The Balaban J connectivity index is 1.65. The third-order valence-corrected chi connectivity index (χ3v) is 11.2. The molecular formula is C44H66N6O9. The van der Waals surface area contributed by atoms with Crippen molar-refractivity contribution in [3.63, 3.8) is 0 Å². The number of pyridine rings is 1. The minimum Gasteiger partial charge on any atom is -0.462 e. The maximum Gasteiger partial charge on any atom is 0.308 e. The van der Waals surface area contributed by atoms with E-state index in [-0.39, 0.29) is 25.4 Å². The molecule has 0 aliphatic carbocycles. The van der Waals surface area contributed by atoms with Crippen molar-refractivity contribution in [2.45, 2.75) is 117 Å². The predicted molar refractivity (Wildman–Crippen MR) is 224 cm³/mol. The lowest BCUT2D eigenvalue weighted by Crippen LogP contribution is -2.55. The summed E-state index contributed by atoms with van der Waals surface area (Å²) in [4.78, 5) is 33.2. The van der Waals surface area contributed by atoms with E-state index in [2.05, 4.69) is 20.6 Å². The number of likely N-dealkylation sites (N-methyl/N-ethyl adjacent to an activating group) is 1. The topological polar surface area (TPSA) is 202 Å². The van der Waals surface area contributed by atoms with Crippen LogP contribution in [0, 0.1) is 23.7 Å². The normalized spacial score (nSPS) is 27.5. The van der Waals surface area contributed by atoms with Crippen LogP contribution in [0.15, 0.2) is 66.5 Å². The van der Waals surface area contributed by atoms with Gasteiger partial charge in [0.05, 0.1) is 60.5 Å². The van der Waals surface area contributed by atoms with Crippen molar-refractivity contribution in [1.82, 2.24) is 30.2 Å². The number of nitrogens with zero attached hydrogens (tertiary/aromatic N) is 5. The van der Waals surface area contributed by atoms with Gasteiger partial charge in [0, 0.05) is 42.5 Å². The molecule has 1 aliphatic heterocycles. The number of fused-ring (bicyclic) bond motifs is 1.